The van der Waals surface area contributed by atoms with E-state index >= 15 is 0 Å². The zero-order valence-electron chi connectivity index (χ0n) is 8.28. The van der Waals surface area contributed by atoms with Crippen molar-refractivity contribution in [1.29, 1.82) is 0 Å². The van der Waals surface area contributed by atoms with Crippen molar-refractivity contribution in [1.82, 2.24) is 10.3 Å². The summed E-state index contributed by atoms with van der Waals surface area (Å²) >= 11 is 1.84. The van der Waals surface area contributed by atoms with Gasteiger partial charge in [0.2, 0.25) is 0 Å². The summed E-state index contributed by atoms with van der Waals surface area (Å²) < 4.78 is 0. The fraction of sp³-hybridized carbons (Fsp3) is 0.545. The van der Waals surface area contributed by atoms with E-state index < -0.39 is 0 Å². The summed E-state index contributed by atoms with van der Waals surface area (Å²) in [5, 5.41) is 4.65. The third kappa shape index (κ3) is 3.68. The number of aromatic nitrogens is 1. The molecule has 0 aliphatic heterocycles. The third-order valence-corrected chi connectivity index (χ3v) is 3.25. The van der Waals surface area contributed by atoms with Crippen molar-refractivity contribution in [3.8, 4) is 0 Å². The number of nitrogens with one attached hydrogen (secondary N) is 1. The summed E-state index contributed by atoms with van der Waals surface area (Å²) in [5.74, 6) is 1.16. The molecule has 0 aromatic carbocycles. The van der Waals surface area contributed by atoms with Gasteiger partial charge in [-0.25, -0.2) is 4.98 Å². The van der Waals surface area contributed by atoms with Crippen LogP contribution in [0.1, 0.15) is 19.3 Å². The lowest BCUT2D eigenvalue weighted by Crippen LogP contribution is -2.17. The molecule has 1 saturated carbocycles. The van der Waals surface area contributed by atoms with Crippen molar-refractivity contribution < 1.29 is 0 Å². The van der Waals surface area contributed by atoms with E-state index in [-0.39, 0.29) is 0 Å². The van der Waals surface area contributed by atoms with E-state index in [1.807, 2.05) is 30.1 Å². The van der Waals surface area contributed by atoms with Crippen molar-refractivity contribution in [2.45, 2.75) is 30.3 Å². The molecule has 0 amide bonds. The lowest BCUT2D eigenvalue weighted by molar-refractivity contribution is 0.674. The number of nitrogens with zero attached hydrogens (tertiary/aromatic N) is 1. The average molecular weight is 208 g/mol. The molecule has 0 spiro atoms. The van der Waals surface area contributed by atoms with Crippen LogP contribution < -0.4 is 5.32 Å². The molecule has 2 rings (SSSR count). The van der Waals surface area contributed by atoms with Crippen LogP contribution in [-0.2, 0) is 0 Å². The second-order valence-electron chi connectivity index (χ2n) is 3.60. The maximum atomic E-state index is 4.27. The maximum absolute atomic E-state index is 4.27. The Balaban J connectivity index is 1.54. The van der Waals surface area contributed by atoms with Crippen LogP contribution in [-0.4, -0.2) is 23.3 Å². The summed E-state index contributed by atoms with van der Waals surface area (Å²) in [6.07, 6.45) is 5.85. The van der Waals surface area contributed by atoms with E-state index in [4.69, 9.17) is 0 Å². The molecule has 3 heteroatoms. The van der Waals surface area contributed by atoms with Crippen molar-refractivity contribution >= 4 is 11.8 Å². The van der Waals surface area contributed by atoms with Gasteiger partial charge in [0.1, 0.15) is 0 Å². The molecule has 0 atom stereocenters. The Labute approximate surface area is 89.5 Å². The molecular weight excluding hydrogens is 192 g/mol. The molecule has 14 heavy (non-hydrogen) atoms. The lowest BCUT2D eigenvalue weighted by Gasteiger charge is -2.01. The van der Waals surface area contributed by atoms with Gasteiger partial charge in [0.15, 0.2) is 0 Å². The quantitative estimate of drug-likeness (QED) is 0.573. The zero-order valence-corrected chi connectivity index (χ0v) is 9.09. The molecule has 1 N–H and O–H groups in total. The smallest absolute Gasteiger partial charge is 0.0959 e. The van der Waals surface area contributed by atoms with Crippen molar-refractivity contribution in [2.75, 3.05) is 12.3 Å². The fourth-order valence-electron chi connectivity index (χ4n) is 1.28. The number of rotatable bonds is 6. The second-order valence-corrected chi connectivity index (χ2v) is 4.71. The molecule has 2 nitrogen and oxygen atoms in total. The summed E-state index contributed by atoms with van der Waals surface area (Å²) in [6.45, 7) is 1.16. The molecule has 0 unspecified atom stereocenters. The standard InChI is InChI=1S/C11H16N2S/c1-2-7-13-11(4-1)14-9-3-8-12-10-5-6-10/h1-2,4,7,10,12H,3,5-6,8-9H2. The van der Waals surface area contributed by atoms with Crippen LogP contribution in [0.2, 0.25) is 0 Å². The van der Waals surface area contributed by atoms with Crippen LogP contribution >= 0.6 is 11.8 Å². The van der Waals surface area contributed by atoms with Gasteiger partial charge in [0.05, 0.1) is 5.03 Å². The average Bonchev–Trinajstić information content (AvgIpc) is 3.03. The first-order valence-electron chi connectivity index (χ1n) is 5.22. The predicted octanol–water partition coefficient (Wildman–Crippen LogP) is 2.32. The second kappa shape index (κ2) is 5.37. The van der Waals surface area contributed by atoms with Crippen LogP contribution in [0.25, 0.3) is 0 Å². The molecule has 1 aromatic heterocycles. The van der Waals surface area contributed by atoms with Gasteiger partial charge in [-0.15, -0.1) is 11.8 Å². The molecule has 0 bridgehead atoms. The monoisotopic (exact) mass is 208 g/mol. The first kappa shape index (κ1) is 9.99. The minimum absolute atomic E-state index is 0.842. The molecule has 1 aliphatic carbocycles. The lowest BCUT2D eigenvalue weighted by atomic mass is 10.5. The molecular formula is C11H16N2S. The van der Waals surface area contributed by atoms with Crippen LogP contribution in [0.4, 0.5) is 0 Å². The summed E-state index contributed by atoms with van der Waals surface area (Å²) in [5.41, 5.74) is 0. The fourth-order valence-corrected chi connectivity index (χ4v) is 2.08. The number of hydrogen-bond acceptors (Lipinski definition) is 3. The van der Waals surface area contributed by atoms with Crippen molar-refractivity contribution in [3.63, 3.8) is 0 Å². The van der Waals surface area contributed by atoms with Crippen LogP contribution in [0.5, 0.6) is 0 Å². The Kier molecular flexibility index (Phi) is 3.83. The van der Waals surface area contributed by atoms with Crippen molar-refractivity contribution in [2.24, 2.45) is 0 Å². The van der Waals surface area contributed by atoms with E-state index in [1.165, 1.54) is 19.3 Å². The zero-order chi connectivity index (χ0) is 9.64. The molecule has 1 aromatic rings. The highest BCUT2D eigenvalue weighted by molar-refractivity contribution is 7.99. The van der Waals surface area contributed by atoms with E-state index in [2.05, 4.69) is 16.4 Å². The van der Waals surface area contributed by atoms with E-state index in [1.54, 1.807) is 0 Å². The molecule has 1 fully saturated rings. The first-order chi connectivity index (χ1) is 6.95. The van der Waals surface area contributed by atoms with E-state index in [9.17, 15) is 0 Å². The number of hydrogen-bond donors (Lipinski definition) is 1. The first-order valence-corrected chi connectivity index (χ1v) is 6.21. The minimum Gasteiger partial charge on any atom is -0.314 e. The van der Waals surface area contributed by atoms with Gasteiger partial charge in [-0.3, -0.25) is 0 Å². The Morgan fingerprint density at radius 2 is 2.36 bits per heavy atom. The predicted molar refractivity (Wildman–Crippen MR) is 60.6 cm³/mol. The highest BCUT2D eigenvalue weighted by Gasteiger charge is 2.19. The Morgan fingerprint density at radius 1 is 1.43 bits per heavy atom. The summed E-state index contributed by atoms with van der Waals surface area (Å²) in [6, 6.07) is 6.91. The van der Waals surface area contributed by atoms with Gasteiger partial charge < -0.3 is 5.32 Å². The van der Waals surface area contributed by atoms with Crippen LogP contribution in [0.15, 0.2) is 29.4 Å². The Morgan fingerprint density at radius 3 is 3.07 bits per heavy atom. The van der Waals surface area contributed by atoms with E-state index in [0.29, 0.717) is 0 Å². The molecule has 1 aliphatic rings. The SMILES string of the molecule is c1ccc(SCCCNC2CC2)nc1. The van der Waals surface area contributed by atoms with Gasteiger partial charge in [-0.2, -0.15) is 0 Å². The molecule has 0 radical (unpaired) electrons. The normalized spacial score (nSPS) is 15.7. The number of pyridine rings is 1. The van der Waals surface area contributed by atoms with Gasteiger partial charge in [-0.1, -0.05) is 6.07 Å². The van der Waals surface area contributed by atoms with Crippen LogP contribution in [0, 0.1) is 0 Å². The molecule has 0 saturated heterocycles. The third-order valence-electron chi connectivity index (χ3n) is 2.22. The van der Waals surface area contributed by atoms with Gasteiger partial charge >= 0.3 is 0 Å². The van der Waals surface area contributed by atoms with Gasteiger partial charge in [0.25, 0.3) is 0 Å². The minimum atomic E-state index is 0.842. The summed E-state index contributed by atoms with van der Waals surface area (Å²) in [4.78, 5) is 4.27. The van der Waals surface area contributed by atoms with Crippen LogP contribution in [0.3, 0.4) is 0 Å². The number of thioether (sulfide) groups is 1. The molecule has 76 valence electrons. The van der Waals surface area contributed by atoms with E-state index in [0.717, 1.165) is 23.4 Å². The highest BCUT2D eigenvalue weighted by atomic mass is 32.2. The Bertz CT molecular complexity index is 259. The molecule has 1 heterocycles. The summed E-state index contributed by atoms with van der Waals surface area (Å²) in [7, 11) is 0. The van der Waals surface area contributed by atoms with Crippen molar-refractivity contribution in [3.05, 3.63) is 24.4 Å². The Hall–Kier alpha value is -0.540. The van der Waals surface area contributed by atoms with Gasteiger partial charge in [-0.05, 0) is 37.9 Å². The highest BCUT2D eigenvalue weighted by Crippen LogP contribution is 2.19. The topological polar surface area (TPSA) is 24.9 Å². The van der Waals surface area contributed by atoms with Gasteiger partial charge in [0, 0.05) is 18.0 Å². The largest absolute Gasteiger partial charge is 0.314 e. The maximum Gasteiger partial charge on any atom is 0.0959 e.